The summed E-state index contributed by atoms with van der Waals surface area (Å²) in [6.45, 7) is 5.07. The summed E-state index contributed by atoms with van der Waals surface area (Å²) in [6.07, 6.45) is 1.69. The van der Waals surface area contributed by atoms with Crippen molar-refractivity contribution in [1.82, 2.24) is 5.32 Å². The molecule has 0 aliphatic carbocycles. The highest BCUT2D eigenvalue weighted by molar-refractivity contribution is 5.31. The molecule has 0 spiro atoms. The molecule has 1 aromatic rings. The lowest BCUT2D eigenvalue weighted by Crippen LogP contribution is -2.30. The summed E-state index contributed by atoms with van der Waals surface area (Å²) in [4.78, 5) is 0. The van der Waals surface area contributed by atoms with E-state index in [2.05, 4.69) is 19.2 Å². The first-order chi connectivity index (χ1) is 7.72. The maximum absolute atomic E-state index is 13.9. The van der Waals surface area contributed by atoms with Crippen LogP contribution in [0.15, 0.2) is 18.2 Å². The van der Waals surface area contributed by atoms with Crippen LogP contribution in [0.5, 0.6) is 5.75 Å². The van der Waals surface area contributed by atoms with E-state index in [-0.39, 0.29) is 5.82 Å². The van der Waals surface area contributed by atoms with Crippen molar-refractivity contribution in [3.63, 3.8) is 0 Å². The third kappa shape index (κ3) is 3.20. The van der Waals surface area contributed by atoms with Crippen LogP contribution in [0.1, 0.15) is 25.8 Å². The van der Waals surface area contributed by atoms with Crippen LogP contribution < -0.4 is 10.1 Å². The monoisotopic (exact) mass is 225 g/mol. The van der Waals surface area contributed by atoms with Gasteiger partial charge < -0.3 is 10.1 Å². The smallest absolute Gasteiger partial charge is 0.168 e. The zero-order valence-corrected chi connectivity index (χ0v) is 10.2. The van der Waals surface area contributed by atoms with Crippen LogP contribution >= 0.6 is 0 Å². The molecule has 0 amide bonds. The van der Waals surface area contributed by atoms with Crippen molar-refractivity contribution >= 4 is 0 Å². The predicted molar refractivity (Wildman–Crippen MR) is 64.4 cm³/mol. The molecule has 0 fully saturated rings. The molecule has 1 unspecified atom stereocenters. The molecule has 16 heavy (non-hydrogen) atoms. The molecular weight excluding hydrogens is 205 g/mol. The average Bonchev–Trinajstić information content (AvgIpc) is 2.31. The number of ether oxygens (including phenoxy) is 1. The SMILES string of the molecule is CCNC(CC)Cc1cccc(OC)c1F. The van der Waals surface area contributed by atoms with E-state index in [1.165, 1.54) is 7.11 Å². The minimum Gasteiger partial charge on any atom is -0.494 e. The van der Waals surface area contributed by atoms with E-state index in [4.69, 9.17) is 4.74 Å². The zero-order valence-electron chi connectivity index (χ0n) is 10.2. The number of nitrogens with one attached hydrogen (secondary N) is 1. The van der Waals surface area contributed by atoms with Crippen LogP contribution in [0.2, 0.25) is 0 Å². The van der Waals surface area contributed by atoms with E-state index >= 15 is 0 Å². The molecule has 1 aromatic carbocycles. The molecule has 90 valence electrons. The molecule has 0 saturated heterocycles. The van der Waals surface area contributed by atoms with Gasteiger partial charge in [-0.05, 0) is 31.0 Å². The summed E-state index contributed by atoms with van der Waals surface area (Å²) in [7, 11) is 1.49. The number of likely N-dealkylation sites (N-methyl/N-ethyl adjacent to an activating group) is 1. The first-order valence-corrected chi connectivity index (χ1v) is 5.77. The van der Waals surface area contributed by atoms with E-state index < -0.39 is 0 Å². The third-order valence-electron chi connectivity index (χ3n) is 2.72. The van der Waals surface area contributed by atoms with Gasteiger partial charge in [-0.2, -0.15) is 0 Å². The molecule has 0 saturated carbocycles. The maximum Gasteiger partial charge on any atom is 0.168 e. The Labute approximate surface area is 96.8 Å². The van der Waals surface area contributed by atoms with Crippen molar-refractivity contribution in [3.05, 3.63) is 29.6 Å². The zero-order chi connectivity index (χ0) is 12.0. The van der Waals surface area contributed by atoms with Crippen LogP contribution in [-0.2, 0) is 6.42 Å². The van der Waals surface area contributed by atoms with E-state index in [0.717, 1.165) is 13.0 Å². The lowest BCUT2D eigenvalue weighted by molar-refractivity contribution is 0.382. The van der Waals surface area contributed by atoms with Gasteiger partial charge in [0.1, 0.15) is 0 Å². The van der Waals surface area contributed by atoms with Gasteiger partial charge in [0.15, 0.2) is 11.6 Å². The second kappa shape index (κ2) is 6.48. The molecule has 1 N–H and O–H groups in total. The van der Waals surface area contributed by atoms with Crippen molar-refractivity contribution in [2.24, 2.45) is 0 Å². The van der Waals surface area contributed by atoms with Crippen LogP contribution in [-0.4, -0.2) is 19.7 Å². The molecule has 1 rings (SSSR count). The summed E-state index contributed by atoms with van der Waals surface area (Å²) < 4.78 is 18.8. The number of hydrogen-bond donors (Lipinski definition) is 1. The Hall–Kier alpha value is -1.09. The topological polar surface area (TPSA) is 21.3 Å². The van der Waals surface area contributed by atoms with E-state index in [0.29, 0.717) is 23.8 Å². The highest BCUT2D eigenvalue weighted by atomic mass is 19.1. The molecule has 0 aliphatic rings. The van der Waals surface area contributed by atoms with Gasteiger partial charge in [-0.25, -0.2) is 4.39 Å². The van der Waals surface area contributed by atoms with Crippen molar-refractivity contribution < 1.29 is 9.13 Å². The quantitative estimate of drug-likeness (QED) is 0.803. The third-order valence-corrected chi connectivity index (χ3v) is 2.72. The number of benzene rings is 1. The van der Waals surface area contributed by atoms with Gasteiger partial charge in [0.25, 0.3) is 0 Å². The number of methoxy groups -OCH3 is 1. The second-order valence-electron chi connectivity index (χ2n) is 3.80. The van der Waals surface area contributed by atoms with Crippen LogP contribution in [0, 0.1) is 5.82 Å². The van der Waals surface area contributed by atoms with Crippen LogP contribution in [0.25, 0.3) is 0 Å². The van der Waals surface area contributed by atoms with Crippen LogP contribution in [0.4, 0.5) is 4.39 Å². The highest BCUT2D eigenvalue weighted by Gasteiger charge is 2.12. The Morgan fingerprint density at radius 2 is 2.12 bits per heavy atom. The minimum atomic E-state index is -0.235. The van der Waals surface area contributed by atoms with Crippen molar-refractivity contribution in [1.29, 1.82) is 0 Å². The molecule has 0 heterocycles. The standard InChI is InChI=1S/C13H20FNO/c1-4-11(15-5-2)9-10-7-6-8-12(16-3)13(10)14/h6-8,11,15H,4-5,9H2,1-3H3. The molecule has 0 aliphatic heterocycles. The molecule has 0 aromatic heterocycles. The molecule has 2 nitrogen and oxygen atoms in total. The van der Waals surface area contributed by atoms with Crippen molar-refractivity contribution in [3.8, 4) is 5.75 Å². The molecular formula is C13H20FNO. The first kappa shape index (κ1) is 13.0. The Kier molecular flexibility index (Phi) is 5.26. The number of halogens is 1. The van der Waals surface area contributed by atoms with E-state index in [1.807, 2.05) is 12.1 Å². The van der Waals surface area contributed by atoms with Gasteiger partial charge in [0, 0.05) is 6.04 Å². The Morgan fingerprint density at radius 1 is 1.38 bits per heavy atom. The Balaban J connectivity index is 2.79. The van der Waals surface area contributed by atoms with E-state index in [1.54, 1.807) is 6.07 Å². The summed E-state index contributed by atoms with van der Waals surface area (Å²) in [5.41, 5.74) is 0.715. The summed E-state index contributed by atoms with van der Waals surface area (Å²) in [5.74, 6) is 0.0882. The number of hydrogen-bond acceptors (Lipinski definition) is 2. The van der Waals surface area contributed by atoms with Gasteiger partial charge in [-0.15, -0.1) is 0 Å². The largest absolute Gasteiger partial charge is 0.494 e. The second-order valence-corrected chi connectivity index (χ2v) is 3.80. The lowest BCUT2D eigenvalue weighted by atomic mass is 10.0. The first-order valence-electron chi connectivity index (χ1n) is 5.77. The Morgan fingerprint density at radius 3 is 2.69 bits per heavy atom. The fraction of sp³-hybridized carbons (Fsp3) is 0.538. The van der Waals surface area contributed by atoms with Crippen molar-refractivity contribution in [2.75, 3.05) is 13.7 Å². The summed E-state index contributed by atoms with van der Waals surface area (Å²) in [5, 5.41) is 3.34. The molecule has 1 atom stereocenters. The van der Waals surface area contributed by atoms with Crippen molar-refractivity contribution in [2.45, 2.75) is 32.7 Å². The molecule has 0 bridgehead atoms. The van der Waals surface area contributed by atoms with Gasteiger partial charge >= 0.3 is 0 Å². The maximum atomic E-state index is 13.9. The predicted octanol–water partition coefficient (Wildman–Crippen LogP) is 2.76. The van der Waals surface area contributed by atoms with Gasteiger partial charge in [0.05, 0.1) is 7.11 Å². The lowest BCUT2D eigenvalue weighted by Gasteiger charge is -2.16. The fourth-order valence-corrected chi connectivity index (χ4v) is 1.79. The average molecular weight is 225 g/mol. The summed E-state index contributed by atoms with van der Waals surface area (Å²) >= 11 is 0. The Bertz CT molecular complexity index is 328. The van der Waals surface area contributed by atoms with Crippen LogP contribution in [0.3, 0.4) is 0 Å². The van der Waals surface area contributed by atoms with Gasteiger partial charge in [-0.1, -0.05) is 26.0 Å². The normalized spacial score (nSPS) is 12.5. The van der Waals surface area contributed by atoms with Gasteiger partial charge in [0.2, 0.25) is 0 Å². The minimum absolute atomic E-state index is 0.235. The summed E-state index contributed by atoms with van der Waals surface area (Å²) in [6, 6.07) is 5.62. The fourth-order valence-electron chi connectivity index (χ4n) is 1.79. The highest BCUT2D eigenvalue weighted by Crippen LogP contribution is 2.21. The van der Waals surface area contributed by atoms with E-state index in [9.17, 15) is 4.39 Å². The van der Waals surface area contributed by atoms with Gasteiger partial charge in [-0.3, -0.25) is 0 Å². The molecule has 0 radical (unpaired) electrons. The molecule has 3 heteroatoms. The number of rotatable bonds is 6.